The van der Waals surface area contributed by atoms with Crippen LogP contribution in [-0.2, 0) is 4.79 Å². The molecule has 0 aliphatic carbocycles. The highest BCUT2D eigenvalue weighted by atomic mass is 16.5. The van der Waals surface area contributed by atoms with Crippen molar-refractivity contribution in [2.24, 2.45) is 0 Å². The zero-order valence-corrected chi connectivity index (χ0v) is 15.8. The molecule has 146 valence electrons. The van der Waals surface area contributed by atoms with Crippen molar-refractivity contribution in [3.8, 4) is 11.5 Å². The van der Waals surface area contributed by atoms with Gasteiger partial charge >= 0.3 is 5.97 Å². The fraction of sp³-hybridized carbons (Fsp3) is 0.250. The largest absolute Gasteiger partial charge is 0.497 e. The Labute approximate surface area is 161 Å². The number of hydrogen-bond acceptors (Lipinski definition) is 5. The predicted octanol–water partition coefficient (Wildman–Crippen LogP) is 2.61. The van der Waals surface area contributed by atoms with Gasteiger partial charge in [0.1, 0.15) is 22.8 Å². The van der Waals surface area contributed by atoms with Gasteiger partial charge in [0, 0.05) is 24.0 Å². The topological polar surface area (TPSA) is 102 Å². The minimum atomic E-state index is -1.05. The number of carboxylic acids is 1. The lowest BCUT2D eigenvalue weighted by Crippen LogP contribution is -2.30. The summed E-state index contributed by atoms with van der Waals surface area (Å²) in [5.74, 6) is -0.521. The monoisotopic (exact) mass is 383 g/mol. The number of pyridine rings is 1. The fourth-order valence-electron chi connectivity index (χ4n) is 2.94. The lowest BCUT2D eigenvalue weighted by molar-refractivity contribution is -0.137. The van der Waals surface area contributed by atoms with Crippen LogP contribution in [0.25, 0.3) is 5.65 Å². The number of amides is 1. The molecule has 1 unspecified atom stereocenters. The van der Waals surface area contributed by atoms with E-state index in [4.69, 9.17) is 9.47 Å². The molecule has 0 bridgehead atoms. The lowest BCUT2D eigenvalue weighted by atomic mass is 10.0. The molecule has 3 aromatic rings. The van der Waals surface area contributed by atoms with E-state index in [0.29, 0.717) is 22.7 Å². The van der Waals surface area contributed by atoms with E-state index in [2.05, 4.69) is 10.3 Å². The third-order valence-corrected chi connectivity index (χ3v) is 4.35. The number of nitrogens with zero attached hydrogens (tertiary/aromatic N) is 2. The van der Waals surface area contributed by atoms with Crippen molar-refractivity contribution in [3.63, 3.8) is 0 Å². The van der Waals surface area contributed by atoms with E-state index in [0.717, 1.165) is 5.56 Å². The average Bonchev–Trinajstić information content (AvgIpc) is 3.09. The quantitative estimate of drug-likeness (QED) is 0.650. The summed E-state index contributed by atoms with van der Waals surface area (Å²) in [7, 11) is 3.00. The van der Waals surface area contributed by atoms with E-state index in [1.807, 2.05) is 25.3 Å². The van der Waals surface area contributed by atoms with E-state index in [1.54, 1.807) is 28.8 Å². The maximum absolute atomic E-state index is 12.7. The normalized spacial score (nSPS) is 11.8. The van der Waals surface area contributed by atoms with Gasteiger partial charge in [0.05, 0.1) is 26.7 Å². The molecule has 28 heavy (non-hydrogen) atoms. The Kier molecular flexibility index (Phi) is 5.49. The molecule has 0 aliphatic heterocycles. The van der Waals surface area contributed by atoms with Gasteiger partial charge in [-0.1, -0.05) is 0 Å². The van der Waals surface area contributed by atoms with Gasteiger partial charge < -0.3 is 24.3 Å². The van der Waals surface area contributed by atoms with E-state index < -0.39 is 17.9 Å². The van der Waals surface area contributed by atoms with Crippen molar-refractivity contribution in [3.05, 3.63) is 59.5 Å². The van der Waals surface area contributed by atoms with Crippen molar-refractivity contribution < 1.29 is 24.2 Å². The standard InChI is InChI=1S/C20H21N3O5/c1-12-6-7-23-11-16(21-18(23)8-12)20(26)22-15(10-19(24)25)14-5-4-13(27-2)9-17(14)28-3/h4-9,11,15H,10H2,1-3H3,(H,22,26)(H,24,25). The van der Waals surface area contributed by atoms with Gasteiger partial charge in [-0.2, -0.15) is 0 Å². The van der Waals surface area contributed by atoms with Crippen molar-refractivity contribution in [1.29, 1.82) is 0 Å². The summed E-state index contributed by atoms with van der Waals surface area (Å²) in [5.41, 5.74) is 2.41. The van der Waals surface area contributed by atoms with Gasteiger partial charge in [0.15, 0.2) is 0 Å². The van der Waals surface area contributed by atoms with Crippen LogP contribution in [-0.4, -0.2) is 40.6 Å². The number of aromatic nitrogens is 2. The number of ether oxygens (including phenoxy) is 2. The Morgan fingerprint density at radius 1 is 1.21 bits per heavy atom. The van der Waals surface area contributed by atoms with Crippen LogP contribution in [0.1, 0.15) is 34.1 Å². The summed E-state index contributed by atoms with van der Waals surface area (Å²) < 4.78 is 12.3. The van der Waals surface area contributed by atoms with Crippen molar-refractivity contribution in [2.75, 3.05) is 14.2 Å². The molecule has 1 amide bonds. The van der Waals surface area contributed by atoms with Gasteiger partial charge in [-0.3, -0.25) is 9.59 Å². The molecule has 0 spiro atoms. The molecule has 2 aromatic heterocycles. The number of imidazole rings is 1. The van der Waals surface area contributed by atoms with Gasteiger partial charge in [-0.05, 0) is 36.8 Å². The second-order valence-corrected chi connectivity index (χ2v) is 6.33. The number of nitrogens with one attached hydrogen (secondary N) is 1. The second-order valence-electron chi connectivity index (χ2n) is 6.33. The van der Waals surface area contributed by atoms with Crippen LogP contribution in [0.3, 0.4) is 0 Å². The fourth-order valence-corrected chi connectivity index (χ4v) is 2.94. The molecule has 8 heteroatoms. The number of benzene rings is 1. The highest BCUT2D eigenvalue weighted by Gasteiger charge is 2.23. The summed E-state index contributed by atoms with van der Waals surface area (Å²) in [5, 5.41) is 12.1. The van der Waals surface area contributed by atoms with Crippen molar-refractivity contribution >= 4 is 17.5 Å². The van der Waals surface area contributed by atoms with Gasteiger partial charge in [0.25, 0.3) is 5.91 Å². The van der Waals surface area contributed by atoms with Gasteiger partial charge in [-0.15, -0.1) is 0 Å². The molecule has 0 radical (unpaired) electrons. The Hall–Kier alpha value is -3.55. The third-order valence-electron chi connectivity index (χ3n) is 4.35. The molecule has 1 atom stereocenters. The zero-order chi connectivity index (χ0) is 20.3. The number of methoxy groups -OCH3 is 2. The molecule has 2 heterocycles. The number of carbonyl (C=O) groups excluding carboxylic acids is 1. The third kappa shape index (κ3) is 4.06. The summed E-state index contributed by atoms with van der Waals surface area (Å²) in [6.07, 6.45) is 3.11. The molecule has 0 saturated heterocycles. The van der Waals surface area contributed by atoms with Gasteiger partial charge in [0.2, 0.25) is 0 Å². The SMILES string of the molecule is COc1ccc(C(CC(=O)O)NC(=O)c2cn3ccc(C)cc3n2)c(OC)c1. The van der Waals surface area contributed by atoms with E-state index >= 15 is 0 Å². The molecule has 2 N–H and O–H groups in total. The number of fused-ring (bicyclic) bond motifs is 1. The molecule has 1 aromatic carbocycles. The van der Waals surface area contributed by atoms with Crippen LogP contribution >= 0.6 is 0 Å². The Balaban J connectivity index is 1.91. The Bertz CT molecular complexity index is 1030. The lowest BCUT2D eigenvalue weighted by Gasteiger charge is -2.20. The molecular weight excluding hydrogens is 362 g/mol. The molecular formula is C20H21N3O5. The van der Waals surface area contributed by atoms with Crippen molar-refractivity contribution in [2.45, 2.75) is 19.4 Å². The second kappa shape index (κ2) is 7.99. The van der Waals surface area contributed by atoms with Crippen LogP contribution in [0.4, 0.5) is 0 Å². The highest BCUT2D eigenvalue weighted by Crippen LogP contribution is 2.31. The van der Waals surface area contributed by atoms with Crippen LogP contribution in [0.15, 0.2) is 42.7 Å². The van der Waals surface area contributed by atoms with E-state index in [9.17, 15) is 14.7 Å². The minimum Gasteiger partial charge on any atom is -0.497 e. The highest BCUT2D eigenvalue weighted by molar-refractivity contribution is 5.93. The molecule has 3 rings (SSSR count). The first kappa shape index (κ1) is 19.2. The number of rotatable bonds is 7. The summed E-state index contributed by atoms with van der Waals surface area (Å²) in [4.78, 5) is 28.4. The zero-order valence-electron chi connectivity index (χ0n) is 15.8. The van der Waals surface area contributed by atoms with Gasteiger partial charge in [-0.25, -0.2) is 4.98 Å². The number of carboxylic acid groups (broad SMARTS) is 1. The average molecular weight is 383 g/mol. The maximum Gasteiger partial charge on any atom is 0.305 e. The smallest absolute Gasteiger partial charge is 0.305 e. The number of aryl methyl sites for hydroxylation is 1. The number of aliphatic carboxylic acids is 1. The molecule has 0 saturated carbocycles. The van der Waals surface area contributed by atoms with Crippen LogP contribution < -0.4 is 14.8 Å². The molecule has 0 aliphatic rings. The first-order valence-electron chi connectivity index (χ1n) is 8.61. The Morgan fingerprint density at radius 2 is 2.00 bits per heavy atom. The summed E-state index contributed by atoms with van der Waals surface area (Å²) in [6.45, 7) is 1.94. The van der Waals surface area contributed by atoms with E-state index in [-0.39, 0.29) is 12.1 Å². The Morgan fingerprint density at radius 3 is 2.68 bits per heavy atom. The van der Waals surface area contributed by atoms with Crippen LogP contribution in [0.2, 0.25) is 0 Å². The number of hydrogen-bond donors (Lipinski definition) is 2. The first-order chi connectivity index (χ1) is 13.4. The summed E-state index contributed by atoms with van der Waals surface area (Å²) in [6, 6.07) is 7.98. The predicted molar refractivity (Wildman–Crippen MR) is 102 cm³/mol. The van der Waals surface area contributed by atoms with Crippen LogP contribution in [0, 0.1) is 6.92 Å². The van der Waals surface area contributed by atoms with Crippen molar-refractivity contribution in [1.82, 2.24) is 14.7 Å². The number of carbonyl (C=O) groups is 2. The first-order valence-corrected chi connectivity index (χ1v) is 8.61. The summed E-state index contributed by atoms with van der Waals surface area (Å²) >= 11 is 0. The molecule has 8 nitrogen and oxygen atoms in total. The molecule has 0 fully saturated rings. The van der Waals surface area contributed by atoms with E-state index in [1.165, 1.54) is 14.2 Å². The van der Waals surface area contributed by atoms with Crippen LogP contribution in [0.5, 0.6) is 11.5 Å². The minimum absolute atomic E-state index is 0.202. The maximum atomic E-state index is 12.7.